The van der Waals surface area contributed by atoms with E-state index in [0.29, 0.717) is 17.0 Å². The number of hydrogen-bond donors (Lipinski definition) is 0. The molecule has 1 aliphatic carbocycles. The summed E-state index contributed by atoms with van der Waals surface area (Å²) in [7, 11) is 0. The summed E-state index contributed by atoms with van der Waals surface area (Å²) in [5.41, 5.74) is 0.244. The van der Waals surface area contributed by atoms with Crippen molar-refractivity contribution in [2.45, 2.75) is 38.3 Å². The standard InChI is InChI=1S/C20H19FN4O2/c21-17-8-4-3-7-16(17)18-10-9-14(22-23-18)13-24-11-12-25(20(27)19(24)26)15-5-1-2-6-15/h3-4,7-12,15H,1-2,5-6,13H2. The summed E-state index contributed by atoms with van der Waals surface area (Å²) in [4.78, 5) is 24.8. The third kappa shape index (κ3) is 3.45. The van der Waals surface area contributed by atoms with Crippen LogP contribution in [-0.2, 0) is 6.54 Å². The molecular weight excluding hydrogens is 347 g/mol. The second-order valence-electron chi connectivity index (χ2n) is 6.77. The number of benzene rings is 1. The second kappa shape index (κ2) is 7.26. The van der Waals surface area contributed by atoms with Gasteiger partial charge in [-0.1, -0.05) is 25.0 Å². The second-order valence-corrected chi connectivity index (χ2v) is 6.77. The molecule has 0 bridgehead atoms. The molecule has 1 aromatic carbocycles. The fourth-order valence-electron chi connectivity index (χ4n) is 3.55. The van der Waals surface area contributed by atoms with Crippen molar-refractivity contribution in [3.05, 3.63) is 81.0 Å². The van der Waals surface area contributed by atoms with Crippen molar-refractivity contribution in [2.24, 2.45) is 0 Å². The van der Waals surface area contributed by atoms with Gasteiger partial charge in [0.15, 0.2) is 0 Å². The van der Waals surface area contributed by atoms with Gasteiger partial charge >= 0.3 is 11.1 Å². The van der Waals surface area contributed by atoms with Crippen LogP contribution in [0, 0.1) is 5.82 Å². The molecule has 7 heteroatoms. The maximum absolute atomic E-state index is 13.8. The molecule has 27 heavy (non-hydrogen) atoms. The maximum atomic E-state index is 13.8. The first-order valence-electron chi connectivity index (χ1n) is 9.02. The summed E-state index contributed by atoms with van der Waals surface area (Å²) < 4.78 is 16.7. The van der Waals surface area contributed by atoms with Crippen LogP contribution in [0.1, 0.15) is 37.4 Å². The van der Waals surface area contributed by atoms with E-state index in [-0.39, 0.29) is 18.4 Å². The van der Waals surface area contributed by atoms with Gasteiger partial charge in [0.1, 0.15) is 5.82 Å². The Morgan fingerprint density at radius 3 is 2.44 bits per heavy atom. The highest BCUT2D eigenvalue weighted by Crippen LogP contribution is 2.27. The van der Waals surface area contributed by atoms with Gasteiger partial charge in [0.05, 0.1) is 17.9 Å². The summed E-state index contributed by atoms with van der Waals surface area (Å²) in [6.45, 7) is 0.143. The van der Waals surface area contributed by atoms with Gasteiger partial charge in [-0.25, -0.2) is 4.39 Å². The van der Waals surface area contributed by atoms with Crippen molar-refractivity contribution in [1.82, 2.24) is 19.3 Å². The number of nitrogens with zero attached hydrogens (tertiary/aromatic N) is 4. The Morgan fingerprint density at radius 2 is 1.74 bits per heavy atom. The highest BCUT2D eigenvalue weighted by atomic mass is 19.1. The van der Waals surface area contributed by atoms with Gasteiger partial charge in [0, 0.05) is 24.0 Å². The summed E-state index contributed by atoms with van der Waals surface area (Å²) in [5, 5.41) is 8.13. The predicted molar refractivity (Wildman–Crippen MR) is 99.0 cm³/mol. The molecule has 138 valence electrons. The fraction of sp³-hybridized carbons (Fsp3) is 0.300. The molecule has 2 heterocycles. The number of aromatic nitrogens is 4. The molecule has 0 N–H and O–H groups in total. The van der Waals surface area contributed by atoms with E-state index in [0.717, 1.165) is 25.7 Å². The lowest BCUT2D eigenvalue weighted by molar-refractivity contribution is 0.487. The van der Waals surface area contributed by atoms with Crippen molar-refractivity contribution < 1.29 is 4.39 Å². The summed E-state index contributed by atoms with van der Waals surface area (Å²) >= 11 is 0. The molecule has 1 aliphatic rings. The van der Waals surface area contributed by atoms with Crippen molar-refractivity contribution in [1.29, 1.82) is 0 Å². The van der Waals surface area contributed by atoms with Crippen LogP contribution in [0.25, 0.3) is 11.3 Å². The van der Waals surface area contributed by atoms with Gasteiger partial charge in [-0.3, -0.25) is 9.59 Å². The normalized spacial score (nSPS) is 14.6. The minimum Gasteiger partial charge on any atom is -0.306 e. The lowest BCUT2D eigenvalue weighted by Gasteiger charge is -2.14. The SMILES string of the molecule is O=c1c(=O)n(C2CCCC2)ccn1Cc1ccc(-c2ccccc2F)nn1. The number of rotatable bonds is 4. The van der Waals surface area contributed by atoms with E-state index in [9.17, 15) is 14.0 Å². The average molecular weight is 366 g/mol. The molecule has 0 unspecified atom stereocenters. The van der Waals surface area contributed by atoms with Gasteiger partial charge in [-0.2, -0.15) is 10.2 Å². The summed E-state index contributed by atoms with van der Waals surface area (Å²) in [5.74, 6) is -0.369. The van der Waals surface area contributed by atoms with E-state index < -0.39 is 11.1 Å². The minimum absolute atomic E-state index is 0.125. The third-order valence-corrected chi connectivity index (χ3v) is 5.01. The van der Waals surface area contributed by atoms with E-state index in [2.05, 4.69) is 10.2 Å². The minimum atomic E-state index is -0.565. The maximum Gasteiger partial charge on any atom is 0.316 e. The molecule has 4 rings (SSSR count). The molecule has 3 aromatic rings. The van der Waals surface area contributed by atoms with Crippen LogP contribution < -0.4 is 11.1 Å². The van der Waals surface area contributed by atoms with Crippen LogP contribution in [0.3, 0.4) is 0 Å². The van der Waals surface area contributed by atoms with E-state index in [4.69, 9.17) is 0 Å². The molecule has 0 atom stereocenters. The van der Waals surface area contributed by atoms with Crippen molar-refractivity contribution in [3.63, 3.8) is 0 Å². The van der Waals surface area contributed by atoms with Crippen LogP contribution in [0.5, 0.6) is 0 Å². The molecule has 0 saturated heterocycles. The molecule has 0 aliphatic heterocycles. The van der Waals surface area contributed by atoms with Crippen molar-refractivity contribution >= 4 is 0 Å². The van der Waals surface area contributed by atoms with E-state index in [1.165, 1.54) is 10.6 Å². The van der Waals surface area contributed by atoms with Crippen molar-refractivity contribution in [3.8, 4) is 11.3 Å². The van der Waals surface area contributed by atoms with Gasteiger partial charge in [-0.15, -0.1) is 0 Å². The topological polar surface area (TPSA) is 69.8 Å². The number of halogens is 1. The van der Waals surface area contributed by atoms with E-state index in [1.807, 2.05) is 0 Å². The lowest BCUT2D eigenvalue weighted by atomic mass is 10.1. The average Bonchev–Trinajstić information content (AvgIpc) is 3.21. The molecule has 1 saturated carbocycles. The van der Waals surface area contributed by atoms with Gasteiger partial charge in [-0.05, 0) is 37.1 Å². The van der Waals surface area contributed by atoms with Crippen molar-refractivity contribution in [2.75, 3.05) is 0 Å². The predicted octanol–water partition coefficient (Wildman–Crippen LogP) is 2.77. The van der Waals surface area contributed by atoms with Crippen LogP contribution in [0.15, 0.2) is 58.4 Å². The highest BCUT2D eigenvalue weighted by Gasteiger charge is 2.19. The lowest BCUT2D eigenvalue weighted by Crippen LogP contribution is -2.41. The Morgan fingerprint density at radius 1 is 0.963 bits per heavy atom. The zero-order valence-corrected chi connectivity index (χ0v) is 14.7. The molecule has 2 aromatic heterocycles. The smallest absolute Gasteiger partial charge is 0.306 e. The van der Waals surface area contributed by atoms with Gasteiger partial charge in [0.25, 0.3) is 0 Å². The Kier molecular flexibility index (Phi) is 4.66. The van der Waals surface area contributed by atoms with Crippen LogP contribution in [0.2, 0.25) is 0 Å². The van der Waals surface area contributed by atoms with Crippen LogP contribution >= 0.6 is 0 Å². The zero-order chi connectivity index (χ0) is 18.8. The largest absolute Gasteiger partial charge is 0.316 e. The van der Waals surface area contributed by atoms with E-state index >= 15 is 0 Å². The number of hydrogen-bond acceptors (Lipinski definition) is 4. The first kappa shape index (κ1) is 17.3. The third-order valence-electron chi connectivity index (χ3n) is 5.01. The monoisotopic (exact) mass is 366 g/mol. The fourth-order valence-corrected chi connectivity index (χ4v) is 3.55. The highest BCUT2D eigenvalue weighted by molar-refractivity contribution is 5.58. The first-order chi connectivity index (χ1) is 13.1. The molecular formula is C20H19FN4O2. The summed E-state index contributed by atoms with van der Waals surface area (Å²) in [6, 6.07) is 9.80. The first-order valence-corrected chi connectivity index (χ1v) is 9.02. The Bertz CT molecular complexity index is 1070. The molecule has 0 radical (unpaired) electrons. The van der Waals surface area contributed by atoms with Crippen LogP contribution in [0.4, 0.5) is 4.39 Å². The molecule has 0 spiro atoms. The Balaban J connectivity index is 1.58. The van der Waals surface area contributed by atoms with Gasteiger partial charge in [0.2, 0.25) is 0 Å². The van der Waals surface area contributed by atoms with Crippen LogP contribution in [-0.4, -0.2) is 19.3 Å². The summed E-state index contributed by atoms with van der Waals surface area (Å²) in [6.07, 6.45) is 7.35. The zero-order valence-electron chi connectivity index (χ0n) is 14.7. The molecule has 6 nitrogen and oxygen atoms in total. The quantitative estimate of drug-likeness (QED) is 0.666. The Labute approximate surface area is 154 Å². The molecule has 0 amide bonds. The molecule has 1 fully saturated rings. The Hall–Kier alpha value is -3.09. The van der Waals surface area contributed by atoms with Gasteiger partial charge < -0.3 is 9.13 Å². The van der Waals surface area contributed by atoms with E-state index in [1.54, 1.807) is 47.3 Å².